The molecule has 1 aromatic carbocycles. The number of halogens is 1. The van der Waals surface area contributed by atoms with Crippen LogP contribution in [-0.2, 0) is 13.1 Å². The first-order chi connectivity index (χ1) is 14.7. The summed E-state index contributed by atoms with van der Waals surface area (Å²) in [6.07, 6.45) is 3.64. The van der Waals surface area contributed by atoms with Gasteiger partial charge in [0.25, 0.3) is 0 Å². The number of guanidine groups is 1. The van der Waals surface area contributed by atoms with Crippen LogP contribution in [0.1, 0.15) is 44.2 Å². The number of hydrogen-bond donors (Lipinski definition) is 2. The van der Waals surface area contributed by atoms with Crippen molar-refractivity contribution < 1.29 is 0 Å². The first-order valence-electron chi connectivity index (χ1n) is 11.9. The Hall–Kier alpha value is -0.900. The van der Waals surface area contributed by atoms with Crippen molar-refractivity contribution in [1.29, 1.82) is 0 Å². The maximum absolute atomic E-state index is 4.43. The van der Waals surface area contributed by atoms with Gasteiger partial charge in [-0.1, -0.05) is 38.1 Å². The second-order valence-electron chi connectivity index (χ2n) is 8.71. The molecule has 0 amide bonds. The standard InChI is InChI=1S/C24H42N6.HI/c1-4-12-29-13-10-23(11-14-29)27-24(25-3)26-19-21-6-8-22(9-7-21)20-30-17-15-28(5-2)16-18-30;/h6-9,23H,4-5,10-20H2,1-3H3,(H2,25,26,27);1H. The number of piperazine rings is 1. The zero-order valence-corrected chi connectivity index (χ0v) is 22.1. The number of likely N-dealkylation sites (N-methyl/N-ethyl adjacent to an activating group) is 1. The van der Waals surface area contributed by atoms with Crippen LogP contribution in [0.5, 0.6) is 0 Å². The van der Waals surface area contributed by atoms with Gasteiger partial charge in [0.1, 0.15) is 0 Å². The van der Waals surface area contributed by atoms with Crippen LogP contribution in [0.3, 0.4) is 0 Å². The van der Waals surface area contributed by atoms with E-state index in [-0.39, 0.29) is 24.0 Å². The highest BCUT2D eigenvalue weighted by molar-refractivity contribution is 14.0. The molecule has 7 heteroatoms. The van der Waals surface area contributed by atoms with Gasteiger partial charge in [-0.05, 0) is 43.5 Å². The van der Waals surface area contributed by atoms with Crippen molar-refractivity contribution in [3.05, 3.63) is 35.4 Å². The van der Waals surface area contributed by atoms with E-state index in [0.29, 0.717) is 6.04 Å². The van der Waals surface area contributed by atoms with Gasteiger partial charge in [0, 0.05) is 65.4 Å². The van der Waals surface area contributed by atoms with Gasteiger partial charge >= 0.3 is 0 Å². The Morgan fingerprint density at radius 3 is 2.10 bits per heavy atom. The number of benzene rings is 1. The van der Waals surface area contributed by atoms with Crippen molar-refractivity contribution >= 4 is 29.9 Å². The van der Waals surface area contributed by atoms with Crippen LogP contribution in [0, 0.1) is 0 Å². The van der Waals surface area contributed by atoms with Crippen LogP contribution in [0.15, 0.2) is 29.3 Å². The van der Waals surface area contributed by atoms with E-state index < -0.39 is 0 Å². The van der Waals surface area contributed by atoms with Crippen LogP contribution < -0.4 is 10.6 Å². The summed E-state index contributed by atoms with van der Waals surface area (Å²) in [5.74, 6) is 0.918. The molecule has 176 valence electrons. The molecule has 0 aliphatic carbocycles. The minimum Gasteiger partial charge on any atom is -0.354 e. The van der Waals surface area contributed by atoms with Crippen molar-refractivity contribution in [2.24, 2.45) is 4.99 Å². The highest BCUT2D eigenvalue weighted by Gasteiger charge is 2.19. The summed E-state index contributed by atoms with van der Waals surface area (Å²) in [5, 5.41) is 7.10. The third kappa shape index (κ3) is 8.86. The fourth-order valence-corrected chi connectivity index (χ4v) is 4.48. The molecule has 2 aliphatic heterocycles. The Balaban J connectivity index is 0.00000341. The molecule has 0 aromatic heterocycles. The van der Waals surface area contributed by atoms with Crippen molar-refractivity contribution in [2.75, 3.05) is 59.4 Å². The molecule has 2 fully saturated rings. The molecule has 2 heterocycles. The maximum atomic E-state index is 4.43. The molecule has 3 rings (SSSR count). The molecule has 2 aliphatic rings. The topological polar surface area (TPSA) is 46.1 Å². The van der Waals surface area contributed by atoms with Gasteiger partial charge in [-0.3, -0.25) is 9.89 Å². The fraction of sp³-hybridized carbons (Fsp3) is 0.708. The van der Waals surface area contributed by atoms with E-state index in [2.05, 4.69) is 68.4 Å². The van der Waals surface area contributed by atoms with Gasteiger partial charge in [-0.25, -0.2) is 0 Å². The number of piperidine rings is 1. The predicted molar refractivity (Wildman–Crippen MR) is 142 cm³/mol. The zero-order chi connectivity index (χ0) is 21.2. The van der Waals surface area contributed by atoms with Gasteiger partial charge in [0.15, 0.2) is 5.96 Å². The highest BCUT2D eigenvalue weighted by atomic mass is 127. The summed E-state index contributed by atoms with van der Waals surface area (Å²) in [7, 11) is 1.86. The summed E-state index contributed by atoms with van der Waals surface area (Å²) in [4.78, 5) is 12.1. The van der Waals surface area contributed by atoms with E-state index in [0.717, 1.165) is 19.0 Å². The van der Waals surface area contributed by atoms with Crippen molar-refractivity contribution in [3.63, 3.8) is 0 Å². The monoisotopic (exact) mass is 542 g/mol. The second-order valence-corrected chi connectivity index (χ2v) is 8.71. The largest absolute Gasteiger partial charge is 0.354 e. The molecule has 0 atom stereocenters. The van der Waals surface area contributed by atoms with Gasteiger partial charge in [0.05, 0.1) is 0 Å². The minimum atomic E-state index is 0. The molecule has 1 aromatic rings. The maximum Gasteiger partial charge on any atom is 0.191 e. The van der Waals surface area contributed by atoms with Crippen molar-refractivity contribution in [3.8, 4) is 0 Å². The molecule has 2 N–H and O–H groups in total. The quantitative estimate of drug-likeness (QED) is 0.301. The molecule has 0 unspecified atom stereocenters. The van der Waals surface area contributed by atoms with Crippen LogP contribution >= 0.6 is 24.0 Å². The molecule has 6 nitrogen and oxygen atoms in total. The number of hydrogen-bond acceptors (Lipinski definition) is 4. The van der Waals surface area contributed by atoms with E-state index >= 15 is 0 Å². The van der Waals surface area contributed by atoms with E-state index in [1.54, 1.807) is 0 Å². The summed E-state index contributed by atoms with van der Waals surface area (Å²) >= 11 is 0. The Morgan fingerprint density at radius 1 is 0.903 bits per heavy atom. The Morgan fingerprint density at radius 2 is 1.52 bits per heavy atom. The van der Waals surface area contributed by atoms with Gasteiger partial charge < -0.3 is 20.4 Å². The third-order valence-corrected chi connectivity index (χ3v) is 6.49. The van der Waals surface area contributed by atoms with E-state index in [1.165, 1.54) is 82.7 Å². The van der Waals surface area contributed by atoms with E-state index in [1.807, 2.05) is 7.05 Å². The van der Waals surface area contributed by atoms with Crippen molar-refractivity contribution in [2.45, 2.75) is 52.2 Å². The molecule has 0 spiro atoms. The molecule has 0 bridgehead atoms. The van der Waals surface area contributed by atoms with E-state index in [9.17, 15) is 0 Å². The number of nitrogens with one attached hydrogen (secondary N) is 2. The Kier molecular flexibility index (Phi) is 12.1. The first-order valence-corrected chi connectivity index (χ1v) is 11.9. The average molecular weight is 543 g/mol. The minimum absolute atomic E-state index is 0. The highest BCUT2D eigenvalue weighted by Crippen LogP contribution is 2.12. The fourth-order valence-electron chi connectivity index (χ4n) is 4.48. The lowest BCUT2D eigenvalue weighted by atomic mass is 10.1. The van der Waals surface area contributed by atoms with Gasteiger partial charge in [0.2, 0.25) is 0 Å². The van der Waals surface area contributed by atoms with Crippen LogP contribution in [-0.4, -0.2) is 86.1 Å². The molecule has 0 radical (unpaired) electrons. The summed E-state index contributed by atoms with van der Waals surface area (Å²) in [6, 6.07) is 9.59. The normalized spacial score (nSPS) is 19.8. The van der Waals surface area contributed by atoms with Crippen LogP contribution in [0.4, 0.5) is 0 Å². The number of aliphatic imine (C=N–C) groups is 1. The lowest BCUT2D eigenvalue weighted by Crippen LogP contribution is -2.48. The number of likely N-dealkylation sites (tertiary alicyclic amines) is 1. The van der Waals surface area contributed by atoms with Crippen LogP contribution in [0.2, 0.25) is 0 Å². The second kappa shape index (κ2) is 14.3. The van der Waals surface area contributed by atoms with Gasteiger partial charge in [-0.15, -0.1) is 24.0 Å². The predicted octanol–water partition coefficient (Wildman–Crippen LogP) is 2.98. The molecule has 2 saturated heterocycles. The SMILES string of the molecule is CCCN1CCC(NC(=NC)NCc2ccc(CN3CCN(CC)CC3)cc2)CC1.I. The summed E-state index contributed by atoms with van der Waals surface area (Å²) in [5.41, 5.74) is 2.71. The Bertz CT molecular complexity index is 634. The lowest BCUT2D eigenvalue weighted by molar-refractivity contribution is 0.132. The number of nitrogens with zero attached hydrogens (tertiary/aromatic N) is 4. The first kappa shape index (κ1) is 26.4. The third-order valence-electron chi connectivity index (χ3n) is 6.49. The average Bonchev–Trinajstić information content (AvgIpc) is 2.79. The van der Waals surface area contributed by atoms with Crippen molar-refractivity contribution in [1.82, 2.24) is 25.3 Å². The zero-order valence-electron chi connectivity index (χ0n) is 19.8. The summed E-state index contributed by atoms with van der Waals surface area (Å²) in [6.45, 7) is 15.9. The van der Waals surface area contributed by atoms with Crippen LogP contribution in [0.25, 0.3) is 0 Å². The molecule has 0 saturated carbocycles. The van der Waals surface area contributed by atoms with Gasteiger partial charge in [-0.2, -0.15) is 0 Å². The molecular weight excluding hydrogens is 499 g/mol. The lowest BCUT2D eigenvalue weighted by Gasteiger charge is -2.34. The smallest absolute Gasteiger partial charge is 0.191 e. The number of rotatable bonds is 8. The molecule has 31 heavy (non-hydrogen) atoms. The summed E-state index contributed by atoms with van der Waals surface area (Å²) < 4.78 is 0. The van der Waals surface area contributed by atoms with E-state index in [4.69, 9.17) is 0 Å². The Labute approximate surface area is 206 Å². The molecular formula is C24H43IN6.